The number of aromatic nitrogens is 1. The molecule has 0 saturated carbocycles. The number of carboxylic acids is 1. The lowest BCUT2D eigenvalue weighted by molar-refractivity contribution is -0.298. The summed E-state index contributed by atoms with van der Waals surface area (Å²) in [5.74, 6) is -0.169. The highest BCUT2D eigenvalue weighted by Gasteiger charge is 2.10. The SMILES string of the molecule is Cc1ccc(/C=C(/Sc2nc3ccccc3o2)C(=O)[O-])o1. The number of carbonyl (C=O) groups is 1. The first-order valence-electron chi connectivity index (χ1n) is 6.15. The van der Waals surface area contributed by atoms with Crippen LogP contribution in [0.4, 0.5) is 0 Å². The van der Waals surface area contributed by atoms with Gasteiger partial charge < -0.3 is 18.7 Å². The molecule has 0 unspecified atom stereocenters. The first kappa shape index (κ1) is 13.5. The average molecular weight is 300 g/mol. The van der Waals surface area contributed by atoms with Gasteiger partial charge in [-0.25, -0.2) is 4.98 Å². The number of fused-ring (bicyclic) bond motifs is 1. The molecule has 106 valence electrons. The minimum Gasteiger partial charge on any atom is -0.544 e. The lowest BCUT2D eigenvalue weighted by Crippen LogP contribution is -2.22. The molecule has 0 bridgehead atoms. The largest absolute Gasteiger partial charge is 0.544 e. The van der Waals surface area contributed by atoms with Gasteiger partial charge in [0.05, 0.1) is 5.97 Å². The van der Waals surface area contributed by atoms with E-state index in [4.69, 9.17) is 8.83 Å². The summed E-state index contributed by atoms with van der Waals surface area (Å²) in [7, 11) is 0. The van der Waals surface area contributed by atoms with Crippen LogP contribution in [0.15, 0.2) is 55.4 Å². The van der Waals surface area contributed by atoms with Gasteiger partial charge in [-0.3, -0.25) is 0 Å². The number of hydrogen-bond donors (Lipinski definition) is 0. The van der Waals surface area contributed by atoms with E-state index in [1.54, 1.807) is 31.2 Å². The van der Waals surface area contributed by atoms with Crippen molar-refractivity contribution >= 4 is 34.9 Å². The van der Waals surface area contributed by atoms with Crippen LogP contribution in [-0.2, 0) is 4.79 Å². The fourth-order valence-corrected chi connectivity index (χ4v) is 2.50. The van der Waals surface area contributed by atoms with Gasteiger partial charge in [0.1, 0.15) is 17.0 Å². The lowest BCUT2D eigenvalue weighted by Gasteiger charge is -2.04. The standard InChI is InChI=1S/C15H11NO4S/c1-9-6-7-10(19-9)8-13(14(17)18)21-15-16-11-4-2-3-5-12(11)20-15/h2-8H,1H3,(H,17,18)/p-1/b13-8+. The summed E-state index contributed by atoms with van der Waals surface area (Å²) in [6.07, 6.45) is 1.39. The molecule has 3 aromatic rings. The number of oxazole rings is 1. The van der Waals surface area contributed by atoms with Crippen molar-refractivity contribution in [1.29, 1.82) is 0 Å². The lowest BCUT2D eigenvalue weighted by atomic mass is 10.3. The molecule has 2 heterocycles. The van der Waals surface area contributed by atoms with E-state index in [-0.39, 0.29) is 10.1 Å². The molecule has 0 aliphatic heterocycles. The Hall–Kier alpha value is -2.47. The second-order valence-corrected chi connectivity index (χ2v) is 5.29. The number of nitrogens with zero attached hydrogens (tertiary/aromatic N) is 1. The zero-order valence-corrected chi connectivity index (χ0v) is 11.8. The quantitative estimate of drug-likeness (QED) is 0.544. The van der Waals surface area contributed by atoms with Gasteiger partial charge in [-0.15, -0.1) is 0 Å². The van der Waals surface area contributed by atoms with Crippen LogP contribution >= 0.6 is 11.8 Å². The maximum absolute atomic E-state index is 11.2. The smallest absolute Gasteiger partial charge is 0.261 e. The highest BCUT2D eigenvalue weighted by Crippen LogP contribution is 2.30. The van der Waals surface area contributed by atoms with E-state index in [0.717, 1.165) is 11.8 Å². The molecular weight excluding hydrogens is 290 g/mol. The number of rotatable bonds is 4. The second-order valence-electron chi connectivity index (χ2n) is 4.29. The van der Waals surface area contributed by atoms with Crippen molar-refractivity contribution in [1.82, 2.24) is 4.98 Å². The molecule has 3 rings (SSSR count). The summed E-state index contributed by atoms with van der Waals surface area (Å²) in [5, 5.41) is 11.5. The van der Waals surface area contributed by atoms with E-state index < -0.39 is 5.97 Å². The number of carbonyl (C=O) groups excluding carboxylic acids is 1. The van der Waals surface area contributed by atoms with Gasteiger partial charge >= 0.3 is 0 Å². The minimum absolute atomic E-state index is 0.0316. The first-order chi connectivity index (χ1) is 10.1. The van der Waals surface area contributed by atoms with Crippen LogP contribution < -0.4 is 5.11 Å². The first-order valence-corrected chi connectivity index (χ1v) is 6.96. The summed E-state index contributed by atoms with van der Waals surface area (Å²) in [6, 6.07) is 10.7. The minimum atomic E-state index is -1.31. The van der Waals surface area contributed by atoms with Crippen molar-refractivity contribution in [3.63, 3.8) is 0 Å². The number of benzene rings is 1. The van der Waals surface area contributed by atoms with Crippen LogP contribution in [-0.4, -0.2) is 11.0 Å². The number of para-hydroxylation sites is 2. The van der Waals surface area contributed by atoms with Crippen molar-refractivity contribution in [2.45, 2.75) is 12.1 Å². The van der Waals surface area contributed by atoms with Crippen LogP contribution in [0, 0.1) is 6.92 Å². The Kier molecular flexibility index (Phi) is 3.53. The van der Waals surface area contributed by atoms with Gasteiger partial charge in [0.25, 0.3) is 5.22 Å². The van der Waals surface area contributed by atoms with E-state index >= 15 is 0 Å². The molecular formula is C15H10NO4S-. The third kappa shape index (κ3) is 3.00. The molecule has 0 spiro atoms. The summed E-state index contributed by atoms with van der Waals surface area (Å²) < 4.78 is 10.8. The Balaban J connectivity index is 1.91. The molecule has 0 aliphatic rings. The van der Waals surface area contributed by atoms with Crippen LogP contribution in [0.2, 0.25) is 0 Å². The van der Waals surface area contributed by atoms with Crippen molar-refractivity contribution in [3.8, 4) is 0 Å². The average Bonchev–Trinajstić information content (AvgIpc) is 3.03. The zero-order valence-electron chi connectivity index (χ0n) is 11.0. The summed E-state index contributed by atoms with van der Waals surface area (Å²) in [5.41, 5.74) is 1.28. The fourth-order valence-electron chi connectivity index (χ4n) is 1.78. The molecule has 1 aromatic carbocycles. The van der Waals surface area contributed by atoms with Gasteiger partial charge in [-0.05, 0) is 49.0 Å². The maximum atomic E-state index is 11.2. The number of thioether (sulfide) groups is 1. The predicted molar refractivity (Wildman–Crippen MR) is 76.3 cm³/mol. The molecule has 21 heavy (non-hydrogen) atoms. The molecule has 0 atom stereocenters. The molecule has 0 N–H and O–H groups in total. The number of carboxylic acid groups (broad SMARTS) is 1. The highest BCUT2D eigenvalue weighted by molar-refractivity contribution is 8.03. The summed E-state index contributed by atoms with van der Waals surface area (Å²) in [4.78, 5) is 15.4. The summed E-state index contributed by atoms with van der Waals surface area (Å²) in [6.45, 7) is 1.78. The van der Waals surface area contributed by atoms with E-state index in [0.29, 0.717) is 22.6 Å². The van der Waals surface area contributed by atoms with E-state index in [2.05, 4.69) is 4.98 Å². The van der Waals surface area contributed by atoms with Crippen LogP contribution in [0.3, 0.4) is 0 Å². The third-order valence-electron chi connectivity index (χ3n) is 2.71. The van der Waals surface area contributed by atoms with E-state index in [1.165, 1.54) is 6.08 Å². The fraction of sp³-hybridized carbons (Fsp3) is 0.0667. The van der Waals surface area contributed by atoms with Gasteiger partial charge in [-0.2, -0.15) is 0 Å². The molecule has 6 heteroatoms. The van der Waals surface area contributed by atoms with Crippen molar-refractivity contribution in [3.05, 3.63) is 52.8 Å². The highest BCUT2D eigenvalue weighted by atomic mass is 32.2. The molecule has 0 fully saturated rings. The Bertz CT molecular complexity index is 798. The maximum Gasteiger partial charge on any atom is 0.261 e. The number of aryl methyl sites for hydroxylation is 1. The van der Waals surface area contributed by atoms with Crippen molar-refractivity contribution in [2.75, 3.05) is 0 Å². The van der Waals surface area contributed by atoms with E-state index in [1.807, 2.05) is 12.1 Å². The Morgan fingerprint density at radius 1 is 1.24 bits per heavy atom. The Labute approximate surface area is 124 Å². The van der Waals surface area contributed by atoms with Crippen LogP contribution in [0.1, 0.15) is 11.5 Å². The molecule has 2 aromatic heterocycles. The Morgan fingerprint density at radius 2 is 2.05 bits per heavy atom. The van der Waals surface area contributed by atoms with Crippen molar-refractivity contribution < 1.29 is 18.7 Å². The normalized spacial score (nSPS) is 12.0. The van der Waals surface area contributed by atoms with E-state index in [9.17, 15) is 9.90 Å². The van der Waals surface area contributed by atoms with Gasteiger partial charge in [0, 0.05) is 4.91 Å². The number of hydrogen-bond acceptors (Lipinski definition) is 6. The van der Waals surface area contributed by atoms with Gasteiger partial charge in [0.15, 0.2) is 5.58 Å². The van der Waals surface area contributed by atoms with Gasteiger partial charge in [-0.1, -0.05) is 12.1 Å². The molecule has 0 amide bonds. The number of furan rings is 1. The molecule has 0 aliphatic carbocycles. The molecule has 0 radical (unpaired) electrons. The molecule has 5 nitrogen and oxygen atoms in total. The monoisotopic (exact) mass is 300 g/mol. The van der Waals surface area contributed by atoms with Crippen LogP contribution in [0.5, 0.6) is 0 Å². The number of aliphatic carboxylic acids is 1. The Morgan fingerprint density at radius 3 is 2.71 bits per heavy atom. The second kappa shape index (κ2) is 5.49. The predicted octanol–water partition coefficient (Wildman–Crippen LogP) is 2.61. The molecule has 0 saturated heterocycles. The third-order valence-corrected chi connectivity index (χ3v) is 3.56. The topological polar surface area (TPSA) is 79.3 Å². The zero-order chi connectivity index (χ0) is 14.8. The van der Waals surface area contributed by atoms with Crippen molar-refractivity contribution in [2.24, 2.45) is 0 Å². The van der Waals surface area contributed by atoms with Gasteiger partial charge in [0.2, 0.25) is 0 Å². The van der Waals surface area contributed by atoms with Crippen LogP contribution in [0.25, 0.3) is 17.2 Å². The summed E-state index contributed by atoms with van der Waals surface area (Å²) >= 11 is 0.888.